The number of pyridine rings is 1. The van der Waals surface area contributed by atoms with Crippen molar-refractivity contribution in [2.45, 2.75) is 38.3 Å². The minimum atomic E-state index is 0. The number of halogens is 3. The molecular formula is C20H30Cl3N3O. The van der Waals surface area contributed by atoms with Gasteiger partial charge in [0.05, 0.1) is 12.6 Å². The van der Waals surface area contributed by atoms with Crippen LogP contribution in [0.15, 0.2) is 30.5 Å². The summed E-state index contributed by atoms with van der Waals surface area (Å²) in [6.07, 6.45) is 5.74. The molecule has 5 rings (SSSR count). The molecular weight excluding hydrogens is 405 g/mol. The maximum atomic E-state index is 6.79. The third-order valence-corrected chi connectivity index (χ3v) is 6.22. The molecule has 152 valence electrons. The number of rotatable bonds is 4. The molecule has 2 unspecified atom stereocenters. The number of methoxy groups -OCH3 is 1. The van der Waals surface area contributed by atoms with Crippen molar-refractivity contribution in [3.8, 4) is 5.75 Å². The Labute approximate surface area is 180 Å². The van der Waals surface area contributed by atoms with Crippen LogP contribution in [0.2, 0.25) is 0 Å². The van der Waals surface area contributed by atoms with E-state index in [4.69, 9.17) is 10.5 Å². The van der Waals surface area contributed by atoms with E-state index in [0.29, 0.717) is 6.04 Å². The first-order chi connectivity index (χ1) is 11.7. The second-order valence-electron chi connectivity index (χ2n) is 7.32. The van der Waals surface area contributed by atoms with Crippen LogP contribution in [0.25, 0.3) is 10.9 Å². The molecule has 2 aromatic rings. The molecule has 3 aliphatic heterocycles. The maximum Gasteiger partial charge on any atom is 0.119 e. The lowest BCUT2D eigenvalue weighted by molar-refractivity contribution is -0.0105. The van der Waals surface area contributed by atoms with Gasteiger partial charge in [0, 0.05) is 30.2 Å². The summed E-state index contributed by atoms with van der Waals surface area (Å²) >= 11 is 0. The lowest BCUT2D eigenvalue weighted by Gasteiger charge is -2.51. The van der Waals surface area contributed by atoms with Gasteiger partial charge in [-0.15, -0.1) is 37.2 Å². The summed E-state index contributed by atoms with van der Waals surface area (Å²) in [6.45, 7) is 4.74. The van der Waals surface area contributed by atoms with Crippen molar-refractivity contribution in [3.63, 3.8) is 0 Å². The summed E-state index contributed by atoms with van der Waals surface area (Å²) in [4.78, 5) is 7.12. The van der Waals surface area contributed by atoms with Crippen molar-refractivity contribution < 1.29 is 4.74 Å². The largest absolute Gasteiger partial charge is 0.497 e. The fraction of sp³-hybridized carbons (Fsp3) is 0.550. The molecule has 4 heterocycles. The average molecular weight is 435 g/mol. The molecule has 2 N–H and O–H groups in total. The topological polar surface area (TPSA) is 51.4 Å². The highest BCUT2D eigenvalue weighted by Gasteiger charge is 2.41. The van der Waals surface area contributed by atoms with Gasteiger partial charge in [-0.05, 0) is 61.1 Å². The molecule has 3 aliphatic rings. The van der Waals surface area contributed by atoms with Gasteiger partial charge in [-0.25, -0.2) is 0 Å². The van der Waals surface area contributed by atoms with E-state index in [1.54, 1.807) is 7.11 Å². The predicted octanol–water partition coefficient (Wildman–Crippen LogP) is 4.63. The van der Waals surface area contributed by atoms with E-state index in [1.807, 2.05) is 18.3 Å². The van der Waals surface area contributed by atoms with Crippen LogP contribution in [0.4, 0.5) is 0 Å². The highest BCUT2D eigenvalue weighted by atomic mass is 35.5. The Hall–Kier alpha value is -0.780. The van der Waals surface area contributed by atoms with Crippen molar-refractivity contribution in [1.82, 2.24) is 9.88 Å². The number of hydrogen-bond donors (Lipinski definition) is 1. The molecule has 0 aliphatic carbocycles. The standard InChI is InChI=1S/C20H27N3O.3ClH/c1-3-13-12-23-9-7-14(13)10-19(23)20(21)16-6-8-22-18-5-4-15(24-2)11-17(16)18;;;/h4-6,8,11,13-14,19-20H,3,7,9-10,12,21H2,1-2H3;3*1H/t13-,14?,19-,20-;;;/m0.../s1. The van der Waals surface area contributed by atoms with Crippen molar-refractivity contribution in [3.05, 3.63) is 36.0 Å². The van der Waals surface area contributed by atoms with Crippen LogP contribution in [0.5, 0.6) is 5.75 Å². The highest BCUT2D eigenvalue weighted by Crippen LogP contribution is 2.42. The molecule has 0 radical (unpaired) electrons. The number of piperidine rings is 3. The number of hydrogen-bond acceptors (Lipinski definition) is 4. The van der Waals surface area contributed by atoms with Gasteiger partial charge in [0.25, 0.3) is 0 Å². The maximum absolute atomic E-state index is 6.79. The van der Waals surface area contributed by atoms with Crippen molar-refractivity contribution in [1.29, 1.82) is 0 Å². The van der Waals surface area contributed by atoms with E-state index in [9.17, 15) is 0 Å². The monoisotopic (exact) mass is 433 g/mol. The second-order valence-corrected chi connectivity index (χ2v) is 7.32. The predicted molar refractivity (Wildman–Crippen MR) is 119 cm³/mol. The fourth-order valence-electron chi connectivity index (χ4n) is 4.79. The Balaban J connectivity index is 0.00000121. The minimum absolute atomic E-state index is 0. The Morgan fingerprint density at radius 1 is 1.26 bits per heavy atom. The first kappa shape index (κ1) is 24.3. The smallest absolute Gasteiger partial charge is 0.119 e. The number of nitrogens with two attached hydrogens (primary N) is 1. The molecule has 3 fully saturated rings. The van der Waals surface area contributed by atoms with Crippen LogP contribution in [0.1, 0.15) is 37.8 Å². The van der Waals surface area contributed by atoms with E-state index < -0.39 is 0 Å². The van der Waals surface area contributed by atoms with E-state index in [2.05, 4.69) is 28.9 Å². The van der Waals surface area contributed by atoms with Gasteiger partial charge < -0.3 is 10.5 Å². The van der Waals surface area contributed by atoms with E-state index in [1.165, 1.54) is 37.9 Å². The van der Waals surface area contributed by atoms with Crippen LogP contribution >= 0.6 is 37.2 Å². The van der Waals surface area contributed by atoms with E-state index >= 15 is 0 Å². The zero-order valence-corrected chi connectivity index (χ0v) is 18.3. The molecule has 0 amide bonds. The summed E-state index contributed by atoms with van der Waals surface area (Å²) < 4.78 is 5.40. The summed E-state index contributed by atoms with van der Waals surface area (Å²) in [5.74, 6) is 2.57. The van der Waals surface area contributed by atoms with E-state index in [0.717, 1.165) is 28.5 Å². The zero-order chi connectivity index (χ0) is 16.7. The molecule has 2 bridgehead atoms. The molecule has 4 nitrogen and oxygen atoms in total. The van der Waals surface area contributed by atoms with Crippen LogP contribution in [-0.2, 0) is 0 Å². The molecule has 0 spiro atoms. The third-order valence-electron chi connectivity index (χ3n) is 6.22. The number of ether oxygens (including phenoxy) is 1. The Kier molecular flexibility index (Phi) is 9.10. The minimum Gasteiger partial charge on any atom is -0.497 e. The molecule has 1 aromatic carbocycles. The van der Waals surface area contributed by atoms with Crippen molar-refractivity contribution in [2.24, 2.45) is 17.6 Å². The van der Waals surface area contributed by atoms with Gasteiger partial charge in [-0.3, -0.25) is 9.88 Å². The first-order valence-electron chi connectivity index (χ1n) is 9.13. The van der Waals surface area contributed by atoms with E-state index in [-0.39, 0.29) is 43.3 Å². The van der Waals surface area contributed by atoms with Crippen LogP contribution in [0, 0.1) is 11.8 Å². The Morgan fingerprint density at radius 2 is 2.04 bits per heavy atom. The van der Waals surface area contributed by atoms with Crippen LogP contribution < -0.4 is 10.5 Å². The second kappa shape index (κ2) is 10.1. The molecule has 3 saturated heterocycles. The van der Waals surface area contributed by atoms with Gasteiger partial charge >= 0.3 is 0 Å². The summed E-state index contributed by atoms with van der Waals surface area (Å²) in [5.41, 5.74) is 8.98. The quantitative estimate of drug-likeness (QED) is 0.762. The lowest BCUT2D eigenvalue weighted by Crippen LogP contribution is -2.56. The molecule has 0 saturated carbocycles. The van der Waals surface area contributed by atoms with Crippen LogP contribution in [-0.4, -0.2) is 36.1 Å². The summed E-state index contributed by atoms with van der Waals surface area (Å²) in [5, 5.41) is 1.12. The molecule has 7 heteroatoms. The number of nitrogens with zero attached hydrogens (tertiary/aromatic N) is 2. The van der Waals surface area contributed by atoms with Gasteiger partial charge in [0.2, 0.25) is 0 Å². The normalized spacial score (nSPS) is 27.1. The Morgan fingerprint density at radius 3 is 2.67 bits per heavy atom. The average Bonchev–Trinajstić information content (AvgIpc) is 2.66. The number of benzene rings is 1. The summed E-state index contributed by atoms with van der Waals surface area (Å²) in [6, 6.07) is 8.62. The molecule has 27 heavy (non-hydrogen) atoms. The van der Waals surface area contributed by atoms with Gasteiger partial charge in [-0.2, -0.15) is 0 Å². The summed E-state index contributed by atoms with van der Waals surface area (Å²) in [7, 11) is 1.70. The zero-order valence-electron chi connectivity index (χ0n) is 15.8. The van der Waals surface area contributed by atoms with Gasteiger partial charge in [-0.1, -0.05) is 13.3 Å². The van der Waals surface area contributed by atoms with Gasteiger partial charge in [0.1, 0.15) is 5.75 Å². The van der Waals surface area contributed by atoms with Crippen molar-refractivity contribution >= 4 is 48.1 Å². The lowest BCUT2D eigenvalue weighted by atomic mass is 9.72. The SMILES string of the molecule is CC[C@H]1CN2CCC1C[C@H]2[C@@H](N)c1ccnc2ccc(OC)cc12.Cl.Cl.Cl. The number of fused-ring (bicyclic) bond motifs is 4. The molecule has 5 atom stereocenters. The first-order valence-corrected chi connectivity index (χ1v) is 9.13. The Bertz CT molecular complexity index is 745. The number of aromatic nitrogens is 1. The fourth-order valence-corrected chi connectivity index (χ4v) is 4.79. The highest BCUT2D eigenvalue weighted by molar-refractivity contribution is 5.86. The van der Waals surface area contributed by atoms with Gasteiger partial charge in [0.15, 0.2) is 0 Å². The molecule has 1 aromatic heterocycles. The van der Waals surface area contributed by atoms with Crippen LogP contribution in [0.3, 0.4) is 0 Å². The third kappa shape index (κ3) is 4.46. The van der Waals surface area contributed by atoms with Crippen molar-refractivity contribution in [2.75, 3.05) is 20.2 Å².